The van der Waals surface area contributed by atoms with Crippen molar-refractivity contribution in [1.29, 1.82) is 0 Å². The number of carbonyl (C=O) groups excluding carboxylic acids is 1. The Morgan fingerprint density at radius 2 is 1.92 bits per heavy atom. The molecule has 0 bridgehead atoms. The predicted molar refractivity (Wildman–Crippen MR) is 95.5 cm³/mol. The molecule has 2 unspecified atom stereocenters. The molecule has 1 aliphatic heterocycles. The lowest BCUT2D eigenvalue weighted by atomic mass is 9.89. The highest BCUT2D eigenvalue weighted by Crippen LogP contribution is 2.33. The average molecular weight is 330 g/mol. The summed E-state index contributed by atoms with van der Waals surface area (Å²) in [7, 11) is 1.72. The molecule has 1 N–H and O–H groups in total. The van der Waals surface area contributed by atoms with E-state index in [1.54, 1.807) is 7.11 Å². The number of piperidine rings is 1. The van der Waals surface area contributed by atoms with Gasteiger partial charge in [-0.15, -0.1) is 0 Å². The number of amides is 1. The van der Waals surface area contributed by atoms with Gasteiger partial charge in [0, 0.05) is 38.7 Å². The van der Waals surface area contributed by atoms with Gasteiger partial charge in [0.25, 0.3) is 0 Å². The molecule has 1 heterocycles. The molecule has 24 heavy (non-hydrogen) atoms. The quantitative estimate of drug-likeness (QED) is 0.836. The summed E-state index contributed by atoms with van der Waals surface area (Å²) in [6, 6.07) is 9.13. The van der Waals surface area contributed by atoms with Crippen LogP contribution >= 0.6 is 0 Å². The number of carbonyl (C=O) groups is 1. The first kappa shape index (κ1) is 17.4. The maximum Gasteiger partial charge on any atom is 0.225 e. The minimum Gasteiger partial charge on any atom is -0.380 e. The summed E-state index contributed by atoms with van der Waals surface area (Å²) in [6.07, 6.45) is 4.40. The van der Waals surface area contributed by atoms with Gasteiger partial charge in [-0.2, -0.15) is 0 Å². The van der Waals surface area contributed by atoms with E-state index < -0.39 is 0 Å². The summed E-state index contributed by atoms with van der Waals surface area (Å²) in [6.45, 7) is 5.64. The SMILES string of the molecule is CCC1CN(C(=O)C2CC2)CCC1NCc1ccc(COC)cc1. The van der Waals surface area contributed by atoms with Crippen molar-refractivity contribution >= 4 is 5.91 Å². The monoisotopic (exact) mass is 330 g/mol. The Bertz CT molecular complexity index is 539. The highest BCUT2D eigenvalue weighted by Gasteiger charge is 2.37. The van der Waals surface area contributed by atoms with E-state index in [0.717, 1.165) is 45.3 Å². The van der Waals surface area contributed by atoms with Crippen LogP contribution in [0.2, 0.25) is 0 Å². The molecule has 1 amide bonds. The van der Waals surface area contributed by atoms with Crippen molar-refractivity contribution in [1.82, 2.24) is 10.2 Å². The van der Waals surface area contributed by atoms with E-state index >= 15 is 0 Å². The van der Waals surface area contributed by atoms with Crippen LogP contribution in [0.3, 0.4) is 0 Å². The number of nitrogens with one attached hydrogen (secondary N) is 1. The highest BCUT2D eigenvalue weighted by molar-refractivity contribution is 5.81. The number of rotatable bonds is 7. The van der Waals surface area contributed by atoms with Crippen LogP contribution in [0.1, 0.15) is 43.7 Å². The largest absolute Gasteiger partial charge is 0.380 e. The Labute approximate surface area is 145 Å². The van der Waals surface area contributed by atoms with Gasteiger partial charge in [-0.25, -0.2) is 0 Å². The van der Waals surface area contributed by atoms with Crippen LogP contribution in [-0.4, -0.2) is 37.0 Å². The van der Waals surface area contributed by atoms with Crippen molar-refractivity contribution in [2.45, 2.75) is 51.8 Å². The molecule has 1 saturated carbocycles. The van der Waals surface area contributed by atoms with Crippen LogP contribution in [0, 0.1) is 11.8 Å². The Morgan fingerprint density at radius 3 is 2.54 bits per heavy atom. The van der Waals surface area contributed by atoms with Crippen molar-refractivity contribution in [3.05, 3.63) is 35.4 Å². The Hall–Kier alpha value is -1.39. The lowest BCUT2D eigenvalue weighted by Gasteiger charge is -2.39. The molecule has 132 valence electrons. The van der Waals surface area contributed by atoms with Gasteiger partial charge in [0.15, 0.2) is 0 Å². The van der Waals surface area contributed by atoms with Gasteiger partial charge < -0.3 is 15.0 Å². The molecule has 3 rings (SSSR count). The molecule has 0 aromatic heterocycles. The molecule has 1 saturated heterocycles. The van der Waals surface area contributed by atoms with Crippen molar-refractivity contribution in [3.8, 4) is 0 Å². The van der Waals surface area contributed by atoms with E-state index in [2.05, 4.69) is 41.4 Å². The van der Waals surface area contributed by atoms with Crippen LogP contribution in [0.25, 0.3) is 0 Å². The van der Waals surface area contributed by atoms with E-state index in [1.165, 1.54) is 11.1 Å². The van der Waals surface area contributed by atoms with Gasteiger partial charge in [-0.1, -0.05) is 37.6 Å². The molecular weight excluding hydrogens is 300 g/mol. The maximum atomic E-state index is 12.3. The summed E-state index contributed by atoms with van der Waals surface area (Å²) in [5.74, 6) is 1.31. The third-order valence-corrected chi connectivity index (χ3v) is 5.40. The number of likely N-dealkylation sites (tertiary alicyclic amines) is 1. The topological polar surface area (TPSA) is 41.6 Å². The first-order chi connectivity index (χ1) is 11.7. The van der Waals surface area contributed by atoms with Crippen molar-refractivity contribution in [2.75, 3.05) is 20.2 Å². The van der Waals surface area contributed by atoms with Gasteiger partial charge in [0.1, 0.15) is 0 Å². The minimum atomic E-state index is 0.345. The molecule has 4 nitrogen and oxygen atoms in total. The molecule has 2 fully saturated rings. The average Bonchev–Trinajstić information content (AvgIpc) is 3.46. The van der Waals surface area contributed by atoms with Crippen molar-refractivity contribution in [2.24, 2.45) is 11.8 Å². The summed E-state index contributed by atoms with van der Waals surface area (Å²) in [4.78, 5) is 14.4. The highest BCUT2D eigenvalue weighted by atomic mass is 16.5. The number of nitrogens with zero attached hydrogens (tertiary/aromatic N) is 1. The van der Waals surface area contributed by atoms with Crippen LogP contribution in [0.5, 0.6) is 0 Å². The maximum absolute atomic E-state index is 12.3. The number of methoxy groups -OCH3 is 1. The van der Waals surface area contributed by atoms with Gasteiger partial charge in [0.05, 0.1) is 6.61 Å². The summed E-state index contributed by atoms with van der Waals surface area (Å²) in [5.41, 5.74) is 2.51. The summed E-state index contributed by atoms with van der Waals surface area (Å²) < 4.78 is 5.15. The van der Waals surface area contributed by atoms with Gasteiger partial charge >= 0.3 is 0 Å². The van der Waals surface area contributed by atoms with Crippen molar-refractivity contribution in [3.63, 3.8) is 0 Å². The van der Waals surface area contributed by atoms with Gasteiger partial charge in [-0.05, 0) is 36.3 Å². The summed E-state index contributed by atoms with van der Waals surface area (Å²) in [5, 5.41) is 3.73. The fraction of sp³-hybridized carbons (Fsp3) is 0.650. The van der Waals surface area contributed by atoms with E-state index in [0.29, 0.717) is 30.4 Å². The van der Waals surface area contributed by atoms with E-state index in [9.17, 15) is 4.79 Å². The Morgan fingerprint density at radius 1 is 1.21 bits per heavy atom. The van der Waals surface area contributed by atoms with Crippen LogP contribution in [0.4, 0.5) is 0 Å². The first-order valence-corrected chi connectivity index (χ1v) is 9.30. The summed E-state index contributed by atoms with van der Waals surface area (Å²) >= 11 is 0. The molecule has 2 atom stereocenters. The van der Waals surface area contributed by atoms with Crippen LogP contribution in [-0.2, 0) is 22.7 Å². The minimum absolute atomic E-state index is 0.345. The molecule has 0 spiro atoms. The molecule has 4 heteroatoms. The number of hydrogen-bond acceptors (Lipinski definition) is 3. The van der Waals surface area contributed by atoms with Gasteiger partial charge in [-0.3, -0.25) is 4.79 Å². The Balaban J connectivity index is 1.50. The fourth-order valence-corrected chi connectivity index (χ4v) is 3.67. The van der Waals surface area contributed by atoms with E-state index in [1.807, 2.05) is 0 Å². The van der Waals surface area contributed by atoms with E-state index in [-0.39, 0.29) is 0 Å². The standard InChI is InChI=1S/C20H30N2O2/c1-3-17-13-22(20(23)18-8-9-18)11-10-19(17)21-12-15-4-6-16(7-5-15)14-24-2/h4-7,17-19,21H,3,8-14H2,1-2H3. The number of benzene rings is 1. The normalized spacial score (nSPS) is 24.2. The molecule has 1 aliphatic carbocycles. The second kappa shape index (κ2) is 8.13. The lowest BCUT2D eigenvalue weighted by molar-refractivity contribution is -0.134. The smallest absolute Gasteiger partial charge is 0.225 e. The predicted octanol–water partition coefficient (Wildman–Crippen LogP) is 2.96. The number of hydrogen-bond donors (Lipinski definition) is 1. The zero-order chi connectivity index (χ0) is 16.9. The molecule has 1 aromatic rings. The number of ether oxygens (including phenoxy) is 1. The fourth-order valence-electron chi connectivity index (χ4n) is 3.67. The van der Waals surface area contributed by atoms with Crippen LogP contribution in [0.15, 0.2) is 24.3 Å². The zero-order valence-corrected chi connectivity index (χ0v) is 15.0. The lowest BCUT2D eigenvalue weighted by Crippen LogP contribution is -2.51. The van der Waals surface area contributed by atoms with Gasteiger partial charge in [0.2, 0.25) is 5.91 Å². The zero-order valence-electron chi connectivity index (χ0n) is 15.0. The van der Waals surface area contributed by atoms with Crippen LogP contribution < -0.4 is 5.32 Å². The molecule has 0 radical (unpaired) electrons. The molecule has 1 aromatic carbocycles. The third-order valence-electron chi connectivity index (χ3n) is 5.40. The third kappa shape index (κ3) is 4.37. The second-order valence-electron chi connectivity index (χ2n) is 7.25. The Kier molecular flexibility index (Phi) is 5.90. The first-order valence-electron chi connectivity index (χ1n) is 9.30. The van der Waals surface area contributed by atoms with E-state index in [4.69, 9.17) is 4.74 Å². The second-order valence-corrected chi connectivity index (χ2v) is 7.25. The van der Waals surface area contributed by atoms with Crippen molar-refractivity contribution < 1.29 is 9.53 Å². The molecule has 2 aliphatic rings. The molecular formula is C20H30N2O2.